The molecular weight excluding hydrogens is 450 g/mol. The smallest absolute Gasteiger partial charge is 0.255 e. The third-order valence-electron chi connectivity index (χ3n) is 5.45. The lowest BCUT2D eigenvalue weighted by Gasteiger charge is -2.24. The average Bonchev–Trinajstić information content (AvgIpc) is 3.43. The molecule has 10 heteroatoms. The Bertz CT molecular complexity index is 1130. The monoisotopic (exact) mass is 475 g/mol. The van der Waals surface area contributed by atoms with E-state index in [1.807, 2.05) is 0 Å². The van der Waals surface area contributed by atoms with Crippen LogP contribution < -0.4 is 14.8 Å². The molecule has 1 unspecified atom stereocenters. The highest BCUT2D eigenvalue weighted by Crippen LogP contribution is 2.28. The van der Waals surface area contributed by atoms with Crippen LogP contribution in [0.25, 0.3) is 0 Å². The van der Waals surface area contributed by atoms with Gasteiger partial charge in [-0.05, 0) is 61.7 Å². The number of nitrogens with one attached hydrogen (secondary N) is 2. The fourth-order valence-corrected chi connectivity index (χ4v) is 5.89. The highest BCUT2D eigenvalue weighted by molar-refractivity contribution is 7.99. The van der Waals surface area contributed by atoms with Crippen molar-refractivity contribution in [1.29, 1.82) is 0 Å². The van der Waals surface area contributed by atoms with E-state index in [4.69, 9.17) is 4.74 Å². The molecule has 2 aromatic carbocycles. The summed E-state index contributed by atoms with van der Waals surface area (Å²) < 4.78 is 33.0. The molecule has 1 saturated heterocycles. The molecule has 1 saturated carbocycles. The lowest BCUT2D eigenvalue weighted by atomic mass is 10.1. The molecule has 8 nitrogen and oxygen atoms in total. The largest absolute Gasteiger partial charge is 0.497 e. The van der Waals surface area contributed by atoms with Crippen LogP contribution in [0.1, 0.15) is 28.8 Å². The van der Waals surface area contributed by atoms with Crippen molar-refractivity contribution < 1.29 is 22.7 Å². The number of hydrogen-bond donors (Lipinski definition) is 2. The van der Waals surface area contributed by atoms with Crippen LogP contribution >= 0.6 is 11.8 Å². The van der Waals surface area contributed by atoms with Gasteiger partial charge in [0.1, 0.15) is 11.8 Å². The molecule has 1 aliphatic carbocycles. The van der Waals surface area contributed by atoms with Crippen LogP contribution in [0.2, 0.25) is 0 Å². The summed E-state index contributed by atoms with van der Waals surface area (Å²) in [6, 6.07) is 10.8. The van der Waals surface area contributed by atoms with Crippen molar-refractivity contribution in [1.82, 2.24) is 9.62 Å². The fourth-order valence-electron chi connectivity index (χ4n) is 3.40. The van der Waals surface area contributed by atoms with Crippen molar-refractivity contribution in [2.45, 2.75) is 36.7 Å². The second-order valence-corrected chi connectivity index (χ2v) is 10.6. The molecule has 4 rings (SSSR count). The summed E-state index contributed by atoms with van der Waals surface area (Å²) in [5.41, 5.74) is 1.55. The highest BCUT2D eigenvalue weighted by atomic mass is 32.2. The number of nitrogens with zero attached hydrogens (tertiary/aromatic N) is 1. The molecule has 0 aromatic heterocycles. The summed E-state index contributed by atoms with van der Waals surface area (Å²) >= 11 is 1.48. The summed E-state index contributed by atoms with van der Waals surface area (Å²) in [6.07, 6.45) is 1.65. The maximum atomic E-state index is 13.3. The van der Waals surface area contributed by atoms with Crippen molar-refractivity contribution in [3.8, 4) is 5.75 Å². The third kappa shape index (κ3) is 4.92. The standard InChI is InChI=1S/C22H25N3O5S2/c1-14-3-10-18(32(28,29)24-16-4-5-16)11-19(14)22(27)25-13-31-12-20(25)21(26)23-15-6-8-17(30-2)9-7-15/h3,6-11,16,20,24H,4-5,12-13H2,1-2H3,(H,23,26). The second-order valence-electron chi connectivity index (χ2n) is 7.88. The number of methoxy groups -OCH3 is 1. The van der Waals surface area contributed by atoms with Gasteiger partial charge in [0.05, 0.1) is 17.9 Å². The van der Waals surface area contributed by atoms with Crippen molar-refractivity contribution in [3.63, 3.8) is 0 Å². The van der Waals surface area contributed by atoms with E-state index >= 15 is 0 Å². The number of hydrogen-bond acceptors (Lipinski definition) is 6. The number of benzene rings is 2. The molecule has 2 amide bonds. The summed E-state index contributed by atoms with van der Waals surface area (Å²) in [7, 11) is -2.12. The van der Waals surface area contributed by atoms with Crippen LogP contribution in [0.3, 0.4) is 0 Å². The minimum Gasteiger partial charge on any atom is -0.497 e. The van der Waals surface area contributed by atoms with E-state index < -0.39 is 16.1 Å². The SMILES string of the molecule is COc1ccc(NC(=O)C2CSCN2C(=O)c2cc(S(=O)(=O)NC3CC3)ccc2C)cc1. The van der Waals surface area contributed by atoms with Gasteiger partial charge in [0, 0.05) is 23.0 Å². The van der Waals surface area contributed by atoms with Crippen molar-refractivity contribution in [2.75, 3.05) is 24.1 Å². The fraction of sp³-hybridized carbons (Fsp3) is 0.364. The Morgan fingerprint density at radius 2 is 1.84 bits per heavy atom. The van der Waals surface area contributed by atoms with Gasteiger partial charge in [-0.15, -0.1) is 11.8 Å². The van der Waals surface area contributed by atoms with Gasteiger partial charge in [-0.3, -0.25) is 9.59 Å². The first-order chi connectivity index (χ1) is 15.3. The molecule has 2 aromatic rings. The van der Waals surface area contributed by atoms with Crippen LogP contribution in [-0.2, 0) is 14.8 Å². The van der Waals surface area contributed by atoms with Crippen molar-refractivity contribution in [2.24, 2.45) is 0 Å². The number of thioether (sulfide) groups is 1. The zero-order valence-corrected chi connectivity index (χ0v) is 19.5. The Balaban J connectivity index is 1.52. The molecule has 0 bridgehead atoms. The summed E-state index contributed by atoms with van der Waals surface area (Å²) in [6.45, 7) is 1.76. The number of aryl methyl sites for hydroxylation is 1. The van der Waals surface area contributed by atoms with E-state index in [2.05, 4.69) is 10.0 Å². The van der Waals surface area contributed by atoms with Gasteiger partial charge in [-0.1, -0.05) is 6.07 Å². The number of anilines is 1. The highest BCUT2D eigenvalue weighted by Gasteiger charge is 2.36. The number of carbonyl (C=O) groups excluding carboxylic acids is 2. The Kier molecular flexibility index (Phi) is 6.45. The molecule has 0 radical (unpaired) electrons. The molecule has 2 fully saturated rings. The first-order valence-electron chi connectivity index (χ1n) is 10.2. The van der Waals surface area contributed by atoms with Gasteiger partial charge in [-0.25, -0.2) is 13.1 Å². The quantitative estimate of drug-likeness (QED) is 0.638. The zero-order valence-electron chi connectivity index (χ0n) is 17.8. The molecule has 1 heterocycles. The van der Waals surface area contributed by atoms with Crippen LogP contribution in [-0.4, -0.2) is 56.0 Å². The normalized spacial score (nSPS) is 18.4. The number of amides is 2. The number of sulfonamides is 1. The molecule has 0 spiro atoms. The minimum atomic E-state index is -3.69. The van der Waals surface area contributed by atoms with Crippen LogP contribution in [0.4, 0.5) is 5.69 Å². The average molecular weight is 476 g/mol. The summed E-state index contributed by atoms with van der Waals surface area (Å²) in [5.74, 6) is 0.860. The van der Waals surface area contributed by atoms with Gasteiger partial charge in [0.2, 0.25) is 15.9 Å². The minimum absolute atomic E-state index is 0.0264. The predicted molar refractivity (Wildman–Crippen MR) is 123 cm³/mol. The molecule has 32 heavy (non-hydrogen) atoms. The Morgan fingerprint density at radius 3 is 2.50 bits per heavy atom. The van der Waals surface area contributed by atoms with Gasteiger partial charge >= 0.3 is 0 Å². The first-order valence-corrected chi connectivity index (χ1v) is 12.9. The summed E-state index contributed by atoms with van der Waals surface area (Å²) in [5, 5.41) is 2.84. The molecule has 2 aliphatic rings. The first kappa shape index (κ1) is 22.6. The van der Waals surface area contributed by atoms with E-state index in [1.165, 1.54) is 28.8 Å². The zero-order chi connectivity index (χ0) is 22.9. The van der Waals surface area contributed by atoms with Gasteiger partial charge in [0.25, 0.3) is 5.91 Å². The van der Waals surface area contributed by atoms with Gasteiger partial charge in [-0.2, -0.15) is 0 Å². The number of ether oxygens (including phenoxy) is 1. The number of carbonyl (C=O) groups is 2. The predicted octanol–water partition coefficient (Wildman–Crippen LogP) is 2.60. The van der Waals surface area contributed by atoms with Gasteiger partial charge in [0.15, 0.2) is 0 Å². The van der Waals surface area contributed by atoms with E-state index in [0.29, 0.717) is 28.6 Å². The van der Waals surface area contributed by atoms with Crippen LogP contribution in [0.5, 0.6) is 5.75 Å². The third-order valence-corrected chi connectivity index (χ3v) is 7.98. The lowest BCUT2D eigenvalue weighted by molar-refractivity contribution is -0.119. The number of rotatable bonds is 7. The molecule has 170 valence electrons. The van der Waals surface area contributed by atoms with E-state index in [-0.39, 0.29) is 28.3 Å². The van der Waals surface area contributed by atoms with E-state index in [1.54, 1.807) is 44.4 Å². The van der Waals surface area contributed by atoms with Crippen LogP contribution in [0.15, 0.2) is 47.4 Å². The van der Waals surface area contributed by atoms with Gasteiger partial charge < -0.3 is 15.0 Å². The Hall–Kier alpha value is -2.56. The molecule has 1 aliphatic heterocycles. The van der Waals surface area contributed by atoms with Crippen molar-refractivity contribution in [3.05, 3.63) is 53.6 Å². The topological polar surface area (TPSA) is 105 Å². The Morgan fingerprint density at radius 1 is 1.12 bits per heavy atom. The van der Waals surface area contributed by atoms with Crippen molar-refractivity contribution >= 4 is 39.3 Å². The lowest BCUT2D eigenvalue weighted by Crippen LogP contribution is -2.44. The maximum Gasteiger partial charge on any atom is 0.255 e. The Labute approximate surface area is 191 Å². The van der Waals surface area contributed by atoms with Crippen LogP contribution in [0, 0.1) is 6.92 Å². The van der Waals surface area contributed by atoms with E-state index in [0.717, 1.165) is 12.8 Å². The molecular formula is C22H25N3O5S2. The molecule has 1 atom stereocenters. The maximum absolute atomic E-state index is 13.3. The summed E-state index contributed by atoms with van der Waals surface area (Å²) in [4.78, 5) is 27.8. The second kappa shape index (κ2) is 9.13. The molecule has 2 N–H and O–H groups in total. The van der Waals surface area contributed by atoms with E-state index in [9.17, 15) is 18.0 Å².